The average molecular weight is 507 g/mol. The highest BCUT2D eigenvalue weighted by Crippen LogP contribution is 2.41. The minimum Gasteiger partial charge on any atom is -0.496 e. The van der Waals surface area contributed by atoms with Crippen molar-refractivity contribution in [2.45, 2.75) is 45.1 Å². The van der Waals surface area contributed by atoms with Crippen molar-refractivity contribution in [2.75, 3.05) is 14.2 Å². The Morgan fingerprint density at radius 2 is 1.66 bits per heavy atom. The summed E-state index contributed by atoms with van der Waals surface area (Å²) in [5, 5.41) is 0. The van der Waals surface area contributed by atoms with E-state index in [0.29, 0.717) is 0 Å². The monoisotopic (exact) mass is 506 g/mol. The lowest BCUT2D eigenvalue weighted by molar-refractivity contribution is 0.0867. The second-order valence-electron chi connectivity index (χ2n) is 9.85. The van der Waals surface area contributed by atoms with E-state index >= 15 is 0 Å². The Morgan fingerprint density at radius 3 is 2.29 bits per heavy atom. The normalized spacial score (nSPS) is 15.3. The number of methoxy groups -OCH3 is 2. The molecular formula is C35H38O3. The topological polar surface area (TPSA) is 27.7 Å². The van der Waals surface area contributed by atoms with Crippen molar-refractivity contribution in [2.24, 2.45) is 0 Å². The summed E-state index contributed by atoms with van der Waals surface area (Å²) in [6, 6.07) is 20.8. The number of hydrogen-bond donors (Lipinski definition) is 0. The van der Waals surface area contributed by atoms with E-state index in [4.69, 9.17) is 14.2 Å². The first-order valence-electron chi connectivity index (χ1n) is 13.2. The lowest BCUT2D eigenvalue weighted by atomic mass is 9.92. The SMILES string of the molecule is C=Cc1ccc(C(=C)c2ccccc2)cc1/C=C\CCC1C=C(CC(C)c2c(OC)cc(C)cc2OC)O1. The van der Waals surface area contributed by atoms with Crippen LogP contribution < -0.4 is 9.47 Å². The number of benzene rings is 3. The minimum absolute atomic E-state index is 0.159. The van der Waals surface area contributed by atoms with Gasteiger partial charge < -0.3 is 14.2 Å². The summed E-state index contributed by atoms with van der Waals surface area (Å²) in [7, 11) is 3.42. The van der Waals surface area contributed by atoms with Crippen molar-refractivity contribution < 1.29 is 14.2 Å². The van der Waals surface area contributed by atoms with Crippen LogP contribution in [-0.2, 0) is 4.74 Å². The fourth-order valence-corrected chi connectivity index (χ4v) is 4.99. The summed E-state index contributed by atoms with van der Waals surface area (Å²) < 4.78 is 17.4. The predicted molar refractivity (Wildman–Crippen MR) is 160 cm³/mol. The van der Waals surface area contributed by atoms with Gasteiger partial charge in [0.05, 0.1) is 20.0 Å². The smallest absolute Gasteiger partial charge is 0.126 e. The van der Waals surface area contributed by atoms with E-state index < -0.39 is 0 Å². The maximum atomic E-state index is 6.12. The molecule has 3 nitrogen and oxygen atoms in total. The Hall–Kier alpha value is -3.98. The van der Waals surface area contributed by atoms with Gasteiger partial charge in [0, 0.05) is 12.0 Å². The number of ether oxygens (including phenoxy) is 3. The summed E-state index contributed by atoms with van der Waals surface area (Å²) in [6.07, 6.45) is 11.4. The molecule has 0 aromatic heterocycles. The zero-order chi connectivity index (χ0) is 27.1. The molecule has 3 aromatic rings. The summed E-state index contributed by atoms with van der Waals surface area (Å²) in [5.41, 5.74) is 7.74. The Labute approximate surface area is 227 Å². The molecule has 4 rings (SSSR count). The fraction of sp³-hybridized carbons (Fsp3) is 0.257. The van der Waals surface area contributed by atoms with E-state index in [1.54, 1.807) is 14.2 Å². The standard InChI is InChI=1S/C35H38O3/c1-7-27-17-18-29(26(4)28-13-9-8-10-14-28)22-30(27)15-11-12-16-31-23-32(38-31)21-25(3)35-33(36-5)19-24(2)20-34(35)37-6/h7-11,13-15,17-20,22-23,25,31H,1,4,12,16,21H2,2-3,5-6H3/b15-11-. The van der Waals surface area contributed by atoms with Crippen LogP contribution in [0.15, 0.2) is 91.7 Å². The Kier molecular flexibility index (Phi) is 8.91. The molecule has 0 radical (unpaired) electrons. The summed E-state index contributed by atoms with van der Waals surface area (Å²) >= 11 is 0. The highest BCUT2D eigenvalue weighted by Gasteiger charge is 2.25. The number of rotatable bonds is 12. The third kappa shape index (κ3) is 6.28. The molecule has 2 unspecified atom stereocenters. The molecule has 0 bridgehead atoms. The first kappa shape index (κ1) is 27.1. The van der Waals surface area contributed by atoms with Gasteiger partial charge in [-0.1, -0.05) is 80.8 Å². The molecule has 1 aliphatic rings. The Balaban J connectivity index is 1.34. The van der Waals surface area contributed by atoms with E-state index in [1.807, 2.05) is 31.2 Å². The third-order valence-electron chi connectivity index (χ3n) is 7.06. The van der Waals surface area contributed by atoms with E-state index in [0.717, 1.165) is 75.5 Å². The van der Waals surface area contributed by atoms with Gasteiger partial charge in [0.15, 0.2) is 0 Å². The maximum Gasteiger partial charge on any atom is 0.126 e. The summed E-state index contributed by atoms with van der Waals surface area (Å²) in [4.78, 5) is 0. The first-order chi connectivity index (χ1) is 18.4. The molecule has 0 fully saturated rings. The van der Waals surface area contributed by atoms with Gasteiger partial charge in [-0.2, -0.15) is 0 Å². The average Bonchev–Trinajstić information content (AvgIpc) is 2.92. The molecule has 0 N–H and O–H groups in total. The van der Waals surface area contributed by atoms with Gasteiger partial charge in [0.2, 0.25) is 0 Å². The lowest BCUT2D eigenvalue weighted by Crippen LogP contribution is -2.21. The first-order valence-corrected chi connectivity index (χ1v) is 13.2. The van der Waals surface area contributed by atoms with Crippen LogP contribution in [0.4, 0.5) is 0 Å². The van der Waals surface area contributed by atoms with Gasteiger partial charge in [0.25, 0.3) is 0 Å². The second kappa shape index (κ2) is 12.5. The zero-order valence-corrected chi connectivity index (χ0v) is 23.0. The maximum absolute atomic E-state index is 6.12. The molecule has 0 saturated heterocycles. The van der Waals surface area contributed by atoms with Gasteiger partial charge in [-0.25, -0.2) is 0 Å². The lowest BCUT2D eigenvalue weighted by Gasteiger charge is -2.29. The molecule has 0 aliphatic carbocycles. The molecule has 3 aromatic carbocycles. The van der Waals surface area contributed by atoms with Gasteiger partial charge in [-0.15, -0.1) is 0 Å². The Bertz CT molecular complexity index is 1320. The highest BCUT2D eigenvalue weighted by molar-refractivity contribution is 5.80. The predicted octanol–water partition coefficient (Wildman–Crippen LogP) is 8.99. The van der Waals surface area contributed by atoms with Gasteiger partial charge >= 0.3 is 0 Å². The molecule has 1 heterocycles. The van der Waals surface area contributed by atoms with Crippen LogP contribution in [0.2, 0.25) is 0 Å². The summed E-state index contributed by atoms with van der Waals surface area (Å²) in [5.74, 6) is 3.00. The molecule has 1 aliphatic heterocycles. The van der Waals surface area contributed by atoms with Crippen molar-refractivity contribution in [3.8, 4) is 11.5 Å². The Morgan fingerprint density at radius 1 is 0.974 bits per heavy atom. The van der Waals surface area contributed by atoms with Crippen LogP contribution in [0.3, 0.4) is 0 Å². The van der Waals surface area contributed by atoms with Crippen LogP contribution in [0, 0.1) is 6.92 Å². The molecule has 3 heteroatoms. The quantitative estimate of drug-likeness (QED) is 0.245. The molecule has 0 amide bonds. The van der Waals surface area contributed by atoms with Gasteiger partial charge in [-0.05, 0) is 83.3 Å². The third-order valence-corrected chi connectivity index (χ3v) is 7.06. The zero-order valence-electron chi connectivity index (χ0n) is 23.0. The fourth-order valence-electron chi connectivity index (χ4n) is 4.99. The summed E-state index contributed by atoms with van der Waals surface area (Å²) in [6.45, 7) is 12.5. The van der Waals surface area contributed by atoms with E-state index in [-0.39, 0.29) is 12.0 Å². The van der Waals surface area contributed by atoms with Gasteiger partial charge in [-0.3, -0.25) is 0 Å². The van der Waals surface area contributed by atoms with Crippen molar-refractivity contribution >= 4 is 17.7 Å². The van der Waals surface area contributed by atoms with E-state index in [2.05, 4.69) is 80.8 Å². The second-order valence-corrected chi connectivity index (χ2v) is 9.85. The number of hydrogen-bond acceptors (Lipinski definition) is 3. The van der Waals surface area contributed by atoms with Crippen LogP contribution >= 0.6 is 0 Å². The van der Waals surface area contributed by atoms with Crippen molar-refractivity contribution in [1.82, 2.24) is 0 Å². The van der Waals surface area contributed by atoms with Crippen LogP contribution in [0.1, 0.15) is 65.5 Å². The molecule has 38 heavy (non-hydrogen) atoms. The van der Waals surface area contributed by atoms with Gasteiger partial charge in [0.1, 0.15) is 17.6 Å². The molecule has 0 saturated carbocycles. The molecular weight excluding hydrogens is 468 g/mol. The van der Waals surface area contributed by atoms with E-state index in [9.17, 15) is 0 Å². The minimum atomic E-state index is 0.159. The van der Waals surface area contributed by atoms with Crippen LogP contribution in [0.5, 0.6) is 11.5 Å². The van der Waals surface area contributed by atoms with Crippen molar-refractivity contribution in [3.63, 3.8) is 0 Å². The molecule has 2 atom stereocenters. The molecule has 0 spiro atoms. The number of allylic oxidation sites excluding steroid dienone is 2. The number of aryl methyl sites for hydroxylation is 1. The van der Waals surface area contributed by atoms with Crippen molar-refractivity contribution in [3.05, 3.63) is 125 Å². The van der Waals surface area contributed by atoms with Crippen LogP contribution in [0.25, 0.3) is 17.7 Å². The van der Waals surface area contributed by atoms with Crippen LogP contribution in [-0.4, -0.2) is 20.3 Å². The van der Waals surface area contributed by atoms with Crippen molar-refractivity contribution in [1.29, 1.82) is 0 Å². The van der Waals surface area contributed by atoms with E-state index in [1.165, 1.54) is 0 Å². The highest BCUT2D eigenvalue weighted by atomic mass is 16.5. The largest absolute Gasteiger partial charge is 0.496 e. The molecule has 196 valence electrons.